The number of nitrogen functional groups attached to an aromatic ring is 1. The fraction of sp³-hybridized carbons (Fsp3) is 0.400. The highest BCUT2D eigenvalue weighted by Crippen LogP contribution is 2.23. The topological polar surface area (TPSA) is 44.5 Å². The second-order valence-corrected chi connectivity index (χ2v) is 3.09. The molecule has 0 aliphatic carbocycles. The van der Waals surface area contributed by atoms with Gasteiger partial charge in [-0.3, -0.25) is 0 Å². The van der Waals surface area contributed by atoms with Crippen LogP contribution in [0.25, 0.3) is 0 Å². The molecule has 0 amide bonds. The maximum Gasteiger partial charge on any atom is 0.183 e. The van der Waals surface area contributed by atoms with Gasteiger partial charge in [0.15, 0.2) is 6.29 Å². The number of hydrogen-bond acceptors (Lipinski definition) is 3. The molecule has 0 saturated carbocycles. The standard InChI is InChI=1S/C10H13NO2/c11-9-4-2-8(3-5-9)10-12-6-1-7-13-10/h2-5,10H,1,6-7,11H2. The first-order valence-electron chi connectivity index (χ1n) is 4.45. The molecule has 1 aromatic carbocycles. The van der Waals surface area contributed by atoms with Gasteiger partial charge >= 0.3 is 0 Å². The molecule has 0 aromatic heterocycles. The SMILES string of the molecule is Nc1ccc(C2OCCCO2)cc1. The van der Waals surface area contributed by atoms with Gasteiger partial charge in [-0.05, 0) is 18.6 Å². The molecule has 0 unspecified atom stereocenters. The second-order valence-electron chi connectivity index (χ2n) is 3.09. The molecule has 0 spiro atoms. The zero-order valence-electron chi connectivity index (χ0n) is 7.40. The largest absolute Gasteiger partial charge is 0.399 e. The third-order valence-corrected chi connectivity index (χ3v) is 2.04. The molecule has 1 aliphatic rings. The zero-order valence-corrected chi connectivity index (χ0v) is 7.40. The molecule has 13 heavy (non-hydrogen) atoms. The van der Waals surface area contributed by atoms with Crippen LogP contribution >= 0.6 is 0 Å². The Morgan fingerprint density at radius 3 is 2.31 bits per heavy atom. The maximum absolute atomic E-state index is 5.57. The Labute approximate surface area is 77.5 Å². The van der Waals surface area contributed by atoms with Crippen LogP contribution in [0.3, 0.4) is 0 Å². The molecule has 0 atom stereocenters. The summed E-state index contributed by atoms with van der Waals surface area (Å²) in [6.07, 6.45) is 0.778. The lowest BCUT2D eigenvalue weighted by Crippen LogP contribution is -2.17. The number of nitrogens with two attached hydrogens (primary N) is 1. The molecule has 0 bridgehead atoms. The van der Waals surface area contributed by atoms with Crippen LogP contribution in [0.15, 0.2) is 24.3 Å². The molecular weight excluding hydrogens is 166 g/mol. The highest BCUT2D eigenvalue weighted by molar-refractivity contribution is 5.39. The fourth-order valence-corrected chi connectivity index (χ4v) is 1.33. The lowest BCUT2D eigenvalue weighted by molar-refractivity contribution is -0.183. The van der Waals surface area contributed by atoms with Crippen LogP contribution in [0.4, 0.5) is 5.69 Å². The summed E-state index contributed by atoms with van der Waals surface area (Å²) in [5.74, 6) is 0. The second kappa shape index (κ2) is 3.77. The van der Waals surface area contributed by atoms with E-state index in [1.807, 2.05) is 24.3 Å². The normalized spacial score (nSPS) is 18.8. The minimum absolute atomic E-state index is 0.200. The van der Waals surface area contributed by atoms with Crippen molar-refractivity contribution in [2.45, 2.75) is 12.7 Å². The molecule has 2 rings (SSSR count). The maximum atomic E-state index is 5.57. The molecule has 70 valence electrons. The van der Waals surface area contributed by atoms with Crippen LogP contribution in [0.5, 0.6) is 0 Å². The third kappa shape index (κ3) is 1.99. The fourth-order valence-electron chi connectivity index (χ4n) is 1.33. The van der Waals surface area contributed by atoms with Crippen LogP contribution in [0.2, 0.25) is 0 Å². The van der Waals surface area contributed by atoms with Crippen molar-refractivity contribution >= 4 is 5.69 Å². The van der Waals surface area contributed by atoms with Gasteiger partial charge in [0.1, 0.15) is 0 Å². The van der Waals surface area contributed by atoms with E-state index in [1.165, 1.54) is 0 Å². The molecule has 1 saturated heterocycles. The van der Waals surface area contributed by atoms with E-state index in [1.54, 1.807) is 0 Å². The Morgan fingerprint density at radius 1 is 1.08 bits per heavy atom. The van der Waals surface area contributed by atoms with Crippen molar-refractivity contribution in [3.05, 3.63) is 29.8 Å². The number of hydrogen-bond donors (Lipinski definition) is 1. The van der Waals surface area contributed by atoms with Crippen molar-refractivity contribution in [1.82, 2.24) is 0 Å². The lowest BCUT2D eigenvalue weighted by Gasteiger charge is -2.23. The van der Waals surface area contributed by atoms with E-state index in [0.29, 0.717) is 0 Å². The van der Waals surface area contributed by atoms with Crippen molar-refractivity contribution < 1.29 is 9.47 Å². The molecule has 3 nitrogen and oxygen atoms in total. The summed E-state index contributed by atoms with van der Waals surface area (Å²) >= 11 is 0. The van der Waals surface area contributed by atoms with Crippen LogP contribution in [-0.4, -0.2) is 13.2 Å². The first-order valence-corrected chi connectivity index (χ1v) is 4.45. The van der Waals surface area contributed by atoms with Crippen LogP contribution < -0.4 is 5.73 Å². The Hall–Kier alpha value is -1.06. The first-order chi connectivity index (χ1) is 6.36. The van der Waals surface area contributed by atoms with Crippen molar-refractivity contribution in [2.75, 3.05) is 18.9 Å². The minimum Gasteiger partial charge on any atom is -0.399 e. The summed E-state index contributed by atoms with van der Waals surface area (Å²) in [6.45, 7) is 1.55. The summed E-state index contributed by atoms with van der Waals surface area (Å²) in [6, 6.07) is 7.59. The van der Waals surface area contributed by atoms with Gasteiger partial charge in [-0.2, -0.15) is 0 Å². The predicted molar refractivity (Wildman–Crippen MR) is 50.1 cm³/mol. The van der Waals surface area contributed by atoms with Crippen molar-refractivity contribution in [3.8, 4) is 0 Å². The van der Waals surface area contributed by atoms with E-state index in [4.69, 9.17) is 15.2 Å². The Kier molecular flexibility index (Phi) is 2.47. The number of benzene rings is 1. The van der Waals surface area contributed by atoms with Gasteiger partial charge in [0.05, 0.1) is 13.2 Å². The van der Waals surface area contributed by atoms with E-state index in [-0.39, 0.29) is 6.29 Å². The van der Waals surface area contributed by atoms with Gasteiger partial charge < -0.3 is 15.2 Å². The highest BCUT2D eigenvalue weighted by Gasteiger charge is 2.15. The number of anilines is 1. The Balaban J connectivity index is 2.10. The van der Waals surface area contributed by atoms with E-state index in [0.717, 1.165) is 30.9 Å². The predicted octanol–water partition coefficient (Wildman–Crippen LogP) is 1.70. The summed E-state index contributed by atoms with van der Waals surface area (Å²) in [5.41, 5.74) is 7.37. The summed E-state index contributed by atoms with van der Waals surface area (Å²) in [4.78, 5) is 0. The first kappa shape index (κ1) is 8.53. The van der Waals surface area contributed by atoms with Crippen LogP contribution in [-0.2, 0) is 9.47 Å². The average molecular weight is 179 g/mol. The number of ether oxygens (including phenoxy) is 2. The highest BCUT2D eigenvalue weighted by atomic mass is 16.7. The zero-order chi connectivity index (χ0) is 9.10. The van der Waals surface area contributed by atoms with Gasteiger partial charge in [-0.25, -0.2) is 0 Å². The summed E-state index contributed by atoms with van der Waals surface area (Å²) in [5, 5.41) is 0. The average Bonchev–Trinajstić information content (AvgIpc) is 2.20. The Morgan fingerprint density at radius 2 is 1.69 bits per heavy atom. The van der Waals surface area contributed by atoms with Gasteiger partial charge in [0, 0.05) is 11.3 Å². The van der Waals surface area contributed by atoms with E-state index >= 15 is 0 Å². The smallest absolute Gasteiger partial charge is 0.183 e. The summed E-state index contributed by atoms with van der Waals surface area (Å²) in [7, 11) is 0. The van der Waals surface area contributed by atoms with Crippen LogP contribution in [0, 0.1) is 0 Å². The van der Waals surface area contributed by atoms with Crippen LogP contribution in [0.1, 0.15) is 18.3 Å². The quantitative estimate of drug-likeness (QED) is 0.667. The lowest BCUT2D eigenvalue weighted by atomic mass is 10.2. The molecule has 1 aliphatic heterocycles. The van der Waals surface area contributed by atoms with Gasteiger partial charge in [0.2, 0.25) is 0 Å². The van der Waals surface area contributed by atoms with Crippen molar-refractivity contribution in [2.24, 2.45) is 0 Å². The monoisotopic (exact) mass is 179 g/mol. The molecule has 1 heterocycles. The molecule has 2 N–H and O–H groups in total. The van der Waals surface area contributed by atoms with E-state index in [9.17, 15) is 0 Å². The molecule has 3 heteroatoms. The van der Waals surface area contributed by atoms with Crippen molar-refractivity contribution in [3.63, 3.8) is 0 Å². The van der Waals surface area contributed by atoms with Gasteiger partial charge in [-0.15, -0.1) is 0 Å². The molecule has 0 radical (unpaired) electrons. The van der Waals surface area contributed by atoms with E-state index in [2.05, 4.69) is 0 Å². The third-order valence-electron chi connectivity index (χ3n) is 2.04. The van der Waals surface area contributed by atoms with E-state index < -0.39 is 0 Å². The Bertz CT molecular complexity index is 265. The van der Waals surface area contributed by atoms with Crippen molar-refractivity contribution in [1.29, 1.82) is 0 Å². The van der Waals surface area contributed by atoms with Gasteiger partial charge in [0.25, 0.3) is 0 Å². The number of rotatable bonds is 1. The molecular formula is C10H13NO2. The summed E-state index contributed by atoms with van der Waals surface area (Å²) < 4.78 is 10.9. The molecule has 1 fully saturated rings. The van der Waals surface area contributed by atoms with Gasteiger partial charge in [-0.1, -0.05) is 12.1 Å². The molecule has 1 aromatic rings. The minimum atomic E-state index is -0.200.